The van der Waals surface area contributed by atoms with Crippen molar-refractivity contribution in [2.75, 3.05) is 47.3 Å². The number of ether oxygens (including phenoxy) is 7. The molecule has 2 aliphatic rings. The van der Waals surface area contributed by atoms with Crippen LogP contribution in [0, 0.1) is 0 Å². The Kier molecular flexibility index (Phi) is 9.45. The molecular formula is C19H35O11P. The van der Waals surface area contributed by atoms with E-state index in [0.29, 0.717) is 0 Å². The van der Waals surface area contributed by atoms with E-state index in [1.807, 2.05) is 0 Å². The molecule has 0 bridgehead atoms. The first-order chi connectivity index (χ1) is 14.6. The van der Waals surface area contributed by atoms with E-state index in [9.17, 15) is 9.36 Å². The fraction of sp³-hybridized carbons (Fsp3) is 0.947. The topological polar surface area (TPSA) is 117 Å². The predicted octanol–water partition coefficient (Wildman–Crippen LogP) is 2.07. The summed E-state index contributed by atoms with van der Waals surface area (Å²) in [6.07, 6.45) is -2.39. The molecule has 31 heavy (non-hydrogen) atoms. The summed E-state index contributed by atoms with van der Waals surface area (Å²) in [4.78, 5) is 13.0. The second-order valence-electron chi connectivity index (χ2n) is 7.43. The normalized spacial score (nSPS) is 29.5. The second-order valence-corrected chi connectivity index (χ2v) is 9.66. The highest BCUT2D eigenvalue weighted by atomic mass is 31.2. The fourth-order valence-corrected chi connectivity index (χ4v) is 5.62. The van der Waals surface area contributed by atoms with Crippen LogP contribution < -0.4 is 0 Å². The van der Waals surface area contributed by atoms with Crippen LogP contribution in [-0.4, -0.2) is 89.0 Å². The molecule has 12 heteroatoms. The molecule has 2 rings (SSSR count). The van der Waals surface area contributed by atoms with Gasteiger partial charge in [0.15, 0.2) is 12.1 Å². The summed E-state index contributed by atoms with van der Waals surface area (Å²) < 4.78 is 64.0. The number of hydrogen-bond acceptors (Lipinski definition) is 11. The highest BCUT2D eigenvalue weighted by Gasteiger charge is 2.62. The van der Waals surface area contributed by atoms with Crippen LogP contribution in [0.1, 0.15) is 34.6 Å². The van der Waals surface area contributed by atoms with E-state index in [4.69, 9.17) is 42.2 Å². The van der Waals surface area contributed by atoms with Gasteiger partial charge in [0.25, 0.3) is 5.34 Å². The summed E-state index contributed by atoms with van der Waals surface area (Å²) in [6, 6.07) is 0. The van der Waals surface area contributed by atoms with E-state index in [1.165, 1.54) is 14.2 Å². The maximum absolute atomic E-state index is 13.7. The smallest absolute Gasteiger partial charge is 0.376 e. The van der Waals surface area contributed by atoms with Gasteiger partial charge in [-0.2, -0.15) is 0 Å². The Morgan fingerprint density at radius 2 is 1.65 bits per heavy atom. The third-order valence-corrected chi connectivity index (χ3v) is 7.32. The minimum atomic E-state index is -4.18. The molecule has 2 saturated heterocycles. The van der Waals surface area contributed by atoms with Gasteiger partial charge in [-0.05, 0) is 34.6 Å². The van der Waals surface area contributed by atoms with E-state index in [-0.39, 0.29) is 26.4 Å². The molecule has 0 amide bonds. The summed E-state index contributed by atoms with van der Waals surface area (Å²) in [6.45, 7) is 7.91. The van der Waals surface area contributed by atoms with E-state index < -0.39 is 55.9 Å². The molecule has 5 atom stereocenters. The van der Waals surface area contributed by atoms with Gasteiger partial charge in [0, 0.05) is 14.2 Å². The van der Waals surface area contributed by atoms with Crippen LogP contribution in [0.25, 0.3) is 0 Å². The highest BCUT2D eigenvalue weighted by molar-refractivity contribution is 7.56. The standard InChI is InChI=1S/C19H35O11P/c1-8-24-17(20)19(12-22-6,31(21,26-9-2)27-10-3)25-11-13-14-15(16(23-7)28-13)30-18(4,5)29-14/h13-16H,8-12H2,1-7H3/t13-,14-,15-,16-,19?/m1/s1. The highest BCUT2D eigenvalue weighted by Crippen LogP contribution is 2.61. The monoisotopic (exact) mass is 470 g/mol. The van der Waals surface area contributed by atoms with Crippen molar-refractivity contribution in [3.8, 4) is 0 Å². The lowest BCUT2D eigenvalue weighted by Gasteiger charge is -2.36. The van der Waals surface area contributed by atoms with Crippen LogP contribution in [0.4, 0.5) is 0 Å². The molecule has 2 aliphatic heterocycles. The zero-order valence-corrected chi connectivity index (χ0v) is 20.2. The van der Waals surface area contributed by atoms with Gasteiger partial charge >= 0.3 is 13.6 Å². The zero-order chi connectivity index (χ0) is 23.3. The maximum atomic E-state index is 13.7. The van der Waals surface area contributed by atoms with Gasteiger partial charge in [-0.25, -0.2) is 4.79 Å². The van der Waals surface area contributed by atoms with Crippen molar-refractivity contribution < 1.29 is 51.6 Å². The first kappa shape index (κ1) is 26.6. The van der Waals surface area contributed by atoms with E-state index in [2.05, 4.69) is 0 Å². The maximum Gasteiger partial charge on any atom is 0.376 e. The number of rotatable bonds is 13. The van der Waals surface area contributed by atoms with Crippen molar-refractivity contribution in [3.63, 3.8) is 0 Å². The van der Waals surface area contributed by atoms with Crippen molar-refractivity contribution in [2.45, 2.75) is 70.3 Å². The van der Waals surface area contributed by atoms with Crippen LogP contribution >= 0.6 is 7.60 Å². The summed E-state index contributed by atoms with van der Waals surface area (Å²) >= 11 is 0. The van der Waals surface area contributed by atoms with Crippen molar-refractivity contribution in [2.24, 2.45) is 0 Å². The second kappa shape index (κ2) is 11.0. The van der Waals surface area contributed by atoms with Gasteiger partial charge in [0.1, 0.15) is 18.3 Å². The minimum absolute atomic E-state index is 0.0209. The molecule has 0 saturated carbocycles. The minimum Gasteiger partial charge on any atom is -0.463 e. The summed E-state index contributed by atoms with van der Waals surface area (Å²) in [5, 5.41) is -2.15. The summed E-state index contributed by atoms with van der Waals surface area (Å²) in [7, 11) is -1.34. The lowest BCUT2D eigenvalue weighted by Crippen LogP contribution is -2.50. The van der Waals surface area contributed by atoms with Crippen molar-refractivity contribution in [1.29, 1.82) is 0 Å². The van der Waals surface area contributed by atoms with E-state index in [0.717, 1.165) is 0 Å². The molecule has 0 N–H and O–H groups in total. The number of carbonyl (C=O) groups excluding carboxylic acids is 1. The summed E-state index contributed by atoms with van der Waals surface area (Å²) in [5.41, 5.74) is 0. The first-order valence-electron chi connectivity index (χ1n) is 10.4. The first-order valence-corrected chi connectivity index (χ1v) is 11.9. The van der Waals surface area contributed by atoms with Gasteiger partial charge in [-0.15, -0.1) is 0 Å². The number of methoxy groups -OCH3 is 2. The zero-order valence-electron chi connectivity index (χ0n) is 19.3. The molecular weight excluding hydrogens is 435 g/mol. The SMILES string of the molecule is CCOC(=O)C(COC)(OC[C@H]1O[C@@H](OC)[C@@H]2OC(C)(C)O[C@@H]21)P(=O)(OCC)OCC. The Balaban J connectivity index is 2.34. The van der Waals surface area contributed by atoms with Crippen molar-refractivity contribution in [1.82, 2.24) is 0 Å². The van der Waals surface area contributed by atoms with Gasteiger partial charge < -0.3 is 42.2 Å². The van der Waals surface area contributed by atoms with Gasteiger partial charge in [0.2, 0.25) is 0 Å². The van der Waals surface area contributed by atoms with Crippen LogP contribution in [0.5, 0.6) is 0 Å². The number of fused-ring (bicyclic) bond motifs is 1. The largest absolute Gasteiger partial charge is 0.463 e. The molecule has 2 fully saturated rings. The molecule has 182 valence electrons. The Hall–Kier alpha value is -0.620. The van der Waals surface area contributed by atoms with Crippen molar-refractivity contribution >= 4 is 13.6 Å². The third-order valence-electron chi connectivity index (χ3n) is 4.80. The molecule has 0 aromatic rings. The Morgan fingerprint density at radius 3 is 2.16 bits per heavy atom. The Morgan fingerprint density at radius 1 is 1.03 bits per heavy atom. The molecule has 1 unspecified atom stereocenters. The van der Waals surface area contributed by atoms with Gasteiger partial charge in [-0.1, -0.05) is 0 Å². The number of hydrogen-bond donors (Lipinski definition) is 0. The summed E-state index contributed by atoms with van der Waals surface area (Å²) in [5.74, 6) is -1.76. The predicted molar refractivity (Wildman–Crippen MR) is 108 cm³/mol. The van der Waals surface area contributed by atoms with E-state index in [1.54, 1.807) is 34.6 Å². The molecule has 0 aliphatic carbocycles. The van der Waals surface area contributed by atoms with Crippen LogP contribution in [0.3, 0.4) is 0 Å². The third kappa shape index (κ3) is 5.48. The number of esters is 1. The Bertz CT molecular complexity index is 632. The molecule has 0 aromatic carbocycles. The average molecular weight is 470 g/mol. The van der Waals surface area contributed by atoms with Crippen LogP contribution in [-0.2, 0) is 51.6 Å². The van der Waals surface area contributed by atoms with Crippen LogP contribution in [0.15, 0.2) is 0 Å². The van der Waals surface area contributed by atoms with Crippen LogP contribution in [0.2, 0.25) is 0 Å². The molecule has 2 heterocycles. The molecule has 0 spiro atoms. The van der Waals surface area contributed by atoms with Crippen molar-refractivity contribution in [3.05, 3.63) is 0 Å². The van der Waals surface area contributed by atoms with Gasteiger partial charge in [-0.3, -0.25) is 4.57 Å². The lowest BCUT2D eigenvalue weighted by molar-refractivity contribution is -0.235. The lowest BCUT2D eigenvalue weighted by atomic mass is 10.1. The van der Waals surface area contributed by atoms with Gasteiger partial charge in [0.05, 0.1) is 33.0 Å². The molecule has 0 radical (unpaired) electrons. The van der Waals surface area contributed by atoms with E-state index >= 15 is 0 Å². The molecule has 11 nitrogen and oxygen atoms in total. The fourth-order valence-electron chi connectivity index (χ4n) is 3.64. The Labute approximate surface area is 183 Å². The quantitative estimate of drug-likeness (QED) is 0.291. The number of carbonyl (C=O) groups is 1. The average Bonchev–Trinajstić information content (AvgIpc) is 3.18. The molecule has 0 aromatic heterocycles.